The lowest BCUT2D eigenvalue weighted by Crippen LogP contribution is -2.29. The van der Waals surface area contributed by atoms with Crippen LogP contribution >= 0.6 is 0 Å². The minimum absolute atomic E-state index is 0.257. The summed E-state index contributed by atoms with van der Waals surface area (Å²) in [6, 6.07) is 0. The van der Waals surface area contributed by atoms with Gasteiger partial charge in [0.15, 0.2) is 0 Å². The van der Waals surface area contributed by atoms with Crippen LogP contribution in [-0.2, 0) is 4.79 Å². The number of hydrogen-bond acceptors (Lipinski definition) is 2. The topological polar surface area (TPSA) is 49.3 Å². The minimum atomic E-state index is -0.511. The molecule has 10 heavy (non-hydrogen) atoms. The molecule has 0 rings (SSSR count). The normalized spacial score (nSPS) is 11.1. The highest BCUT2D eigenvalue weighted by atomic mass is 16.3. The minimum Gasteiger partial charge on any atom is -0.392 e. The summed E-state index contributed by atoms with van der Waals surface area (Å²) < 4.78 is 0. The summed E-state index contributed by atoms with van der Waals surface area (Å²) in [5, 5.41) is 11.1. The van der Waals surface area contributed by atoms with Crippen LogP contribution in [0.2, 0.25) is 0 Å². The molecule has 3 heteroatoms. The molecule has 1 atom stereocenters. The Morgan fingerprint density at radius 1 is 1.80 bits per heavy atom. The van der Waals surface area contributed by atoms with E-state index in [-0.39, 0.29) is 12.5 Å². The molecule has 0 spiro atoms. The maximum atomic E-state index is 10.6. The standard InChI is InChI=1S/C7H11NO2/c1-3-4-7(10)8-5-6(2)9/h6,9H,5H2,1-2H3,(H,8,10)/t6-/m0/s1. The molecule has 0 aromatic carbocycles. The summed E-state index contributed by atoms with van der Waals surface area (Å²) >= 11 is 0. The molecule has 0 radical (unpaired) electrons. The largest absolute Gasteiger partial charge is 0.392 e. The molecule has 0 saturated heterocycles. The van der Waals surface area contributed by atoms with Gasteiger partial charge in [0.1, 0.15) is 0 Å². The summed E-state index contributed by atoms with van der Waals surface area (Å²) in [4.78, 5) is 10.6. The van der Waals surface area contributed by atoms with E-state index in [1.165, 1.54) is 0 Å². The average Bonchev–Trinajstić information content (AvgIpc) is 1.85. The van der Waals surface area contributed by atoms with Gasteiger partial charge < -0.3 is 10.4 Å². The van der Waals surface area contributed by atoms with Crippen LogP contribution in [0.1, 0.15) is 13.8 Å². The van der Waals surface area contributed by atoms with Crippen LogP contribution in [0.3, 0.4) is 0 Å². The Labute approximate surface area is 60.4 Å². The molecule has 3 nitrogen and oxygen atoms in total. The SMILES string of the molecule is CC#CC(=O)NC[C@H](C)O. The summed E-state index contributed by atoms with van der Waals surface area (Å²) in [5.41, 5.74) is 0. The van der Waals surface area contributed by atoms with Crippen LogP contribution < -0.4 is 5.32 Å². The Morgan fingerprint density at radius 2 is 2.40 bits per heavy atom. The zero-order valence-electron chi connectivity index (χ0n) is 6.14. The van der Waals surface area contributed by atoms with Gasteiger partial charge in [-0.3, -0.25) is 4.79 Å². The fourth-order valence-electron chi connectivity index (χ4n) is 0.398. The second-order valence-electron chi connectivity index (χ2n) is 1.93. The third-order valence-electron chi connectivity index (χ3n) is 0.797. The molecule has 0 fully saturated rings. The molecule has 0 bridgehead atoms. The number of amides is 1. The van der Waals surface area contributed by atoms with E-state index in [1.54, 1.807) is 13.8 Å². The van der Waals surface area contributed by atoms with E-state index in [0.29, 0.717) is 0 Å². The number of carbonyl (C=O) groups is 1. The smallest absolute Gasteiger partial charge is 0.295 e. The molecule has 56 valence electrons. The first-order valence-electron chi connectivity index (χ1n) is 3.05. The van der Waals surface area contributed by atoms with Crippen molar-refractivity contribution in [3.05, 3.63) is 0 Å². The molecule has 1 amide bonds. The van der Waals surface area contributed by atoms with E-state index in [9.17, 15) is 4.79 Å². The third kappa shape index (κ3) is 5.13. The zero-order chi connectivity index (χ0) is 7.98. The van der Waals surface area contributed by atoms with Crippen LogP contribution in [0.5, 0.6) is 0 Å². The number of aliphatic hydroxyl groups is 1. The van der Waals surface area contributed by atoms with E-state index in [1.807, 2.05) is 0 Å². The molecule has 0 unspecified atom stereocenters. The van der Waals surface area contributed by atoms with Crippen molar-refractivity contribution in [3.63, 3.8) is 0 Å². The molecular formula is C7H11NO2. The van der Waals surface area contributed by atoms with Gasteiger partial charge in [-0.05, 0) is 19.8 Å². The average molecular weight is 141 g/mol. The van der Waals surface area contributed by atoms with Gasteiger partial charge >= 0.3 is 0 Å². The highest BCUT2D eigenvalue weighted by Gasteiger charge is 1.96. The summed E-state index contributed by atoms with van der Waals surface area (Å²) in [6.45, 7) is 3.44. The Balaban J connectivity index is 3.47. The van der Waals surface area contributed by atoms with E-state index in [0.717, 1.165) is 0 Å². The lowest BCUT2D eigenvalue weighted by Gasteiger charge is -2.01. The molecule has 0 aliphatic rings. The maximum Gasteiger partial charge on any atom is 0.295 e. The lowest BCUT2D eigenvalue weighted by atomic mass is 10.4. The predicted octanol–water partition coefficient (Wildman–Crippen LogP) is -0.493. The van der Waals surface area contributed by atoms with Crippen molar-refractivity contribution >= 4 is 5.91 Å². The first-order valence-corrected chi connectivity index (χ1v) is 3.05. The number of nitrogens with one attached hydrogen (secondary N) is 1. The van der Waals surface area contributed by atoms with Crippen molar-refractivity contribution in [2.75, 3.05) is 6.54 Å². The molecule has 0 aromatic heterocycles. The van der Waals surface area contributed by atoms with Crippen LogP contribution in [0.4, 0.5) is 0 Å². The van der Waals surface area contributed by atoms with Crippen molar-refractivity contribution in [2.24, 2.45) is 0 Å². The molecule has 0 heterocycles. The third-order valence-corrected chi connectivity index (χ3v) is 0.797. The van der Waals surface area contributed by atoms with Crippen molar-refractivity contribution in [1.29, 1.82) is 0 Å². The molecule has 0 aromatic rings. The Bertz CT molecular complexity index is 164. The fourth-order valence-corrected chi connectivity index (χ4v) is 0.398. The first kappa shape index (κ1) is 8.99. The Hall–Kier alpha value is -1.01. The quantitative estimate of drug-likeness (QED) is 0.510. The van der Waals surface area contributed by atoms with Gasteiger partial charge in [0, 0.05) is 6.54 Å². The number of carbonyl (C=O) groups excluding carboxylic acids is 1. The van der Waals surface area contributed by atoms with E-state index >= 15 is 0 Å². The molecule has 0 aliphatic carbocycles. The molecular weight excluding hydrogens is 130 g/mol. The second-order valence-corrected chi connectivity index (χ2v) is 1.93. The van der Waals surface area contributed by atoms with Gasteiger partial charge in [-0.25, -0.2) is 0 Å². The molecule has 0 saturated carbocycles. The Morgan fingerprint density at radius 3 is 2.80 bits per heavy atom. The number of rotatable bonds is 2. The zero-order valence-corrected chi connectivity index (χ0v) is 6.14. The van der Waals surface area contributed by atoms with Gasteiger partial charge in [-0.1, -0.05) is 5.92 Å². The van der Waals surface area contributed by atoms with Crippen molar-refractivity contribution in [1.82, 2.24) is 5.32 Å². The van der Waals surface area contributed by atoms with Crippen LogP contribution in [0.25, 0.3) is 0 Å². The Kier molecular flexibility index (Phi) is 4.34. The number of aliphatic hydroxyl groups excluding tert-OH is 1. The molecule has 2 N–H and O–H groups in total. The van der Waals surface area contributed by atoms with Gasteiger partial charge in [0.05, 0.1) is 6.10 Å². The maximum absolute atomic E-state index is 10.6. The summed E-state index contributed by atoms with van der Waals surface area (Å²) in [6.07, 6.45) is -0.511. The molecule has 0 aliphatic heterocycles. The summed E-state index contributed by atoms with van der Waals surface area (Å²) in [7, 11) is 0. The van der Waals surface area contributed by atoms with Gasteiger partial charge in [-0.2, -0.15) is 0 Å². The van der Waals surface area contributed by atoms with E-state index in [4.69, 9.17) is 5.11 Å². The highest BCUT2D eigenvalue weighted by molar-refractivity contribution is 5.93. The van der Waals surface area contributed by atoms with E-state index < -0.39 is 6.10 Å². The number of hydrogen-bond donors (Lipinski definition) is 2. The van der Waals surface area contributed by atoms with Gasteiger partial charge in [0.25, 0.3) is 5.91 Å². The predicted molar refractivity (Wildman–Crippen MR) is 38.1 cm³/mol. The van der Waals surface area contributed by atoms with Crippen LogP contribution in [0, 0.1) is 11.8 Å². The second kappa shape index (κ2) is 4.83. The van der Waals surface area contributed by atoms with Crippen LogP contribution in [0.15, 0.2) is 0 Å². The monoisotopic (exact) mass is 141 g/mol. The van der Waals surface area contributed by atoms with Crippen LogP contribution in [-0.4, -0.2) is 23.7 Å². The van der Waals surface area contributed by atoms with Crippen molar-refractivity contribution < 1.29 is 9.90 Å². The summed E-state index contributed by atoms with van der Waals surface area (Å²) in [5.74, 6) is 4.39. The van der Waals surface area contributed by atoms with Crippen molar-refractivity contribution in [3.8, 4) is 11.8 Å². The van der Waals surface area contributed by atoms with Gasteiger partial charge in [0.2, 0.25) is 0 Å². The lowest BCUT2D eigenvalue weighted by molar-refractivity contribution is -0.116. The fraction of sp³-hybridized carbons (Fsp3) is 0.571. The highest BCUT2D eigenvalue weighted by Crippen LogP contribution is 1.73. The van der Waals surface area contributed by atoms with E-state index in [2.05, 4.69) is 17.2 Å². The van der Waals surface area contributed by atoms with Crippen molar-refractivity contribution in [2.45, 2.75) is 20.0 Å². The first-order chi connectivity index (χ1) is 4.66. The van der Waals surface area contributed by atoms with Gasteiger partial charge in [-0.15, -0.1) is 0 Å².